The Morgan fingerprint density at radius 1 is 0.882 bits per heavy atom. The summed E-state index contributed by atoms with van der Waals surface area (Å²) < 4.78 is 43.6. The molecule has 1 atom stereocenters. The van der Waals surface area contributed by atoms with Crippen molar-refractivity contribution in [1.82, 2.24) is 0 Å². The fourth-order valence-corrected chi connectivity index (χ4v) is 5.99. The number of nitrogens with zero attached hydrogens (tertiary/aromatic N) is 1. The van der Waals surface area contributed by atoms with Crippen LogP contribution in [0.15, 0.2) is 71.6 Å². The first-order valence-corrected chi connectivity index (χ1v) is 12.1. The summed E-state index contributed by atoms with van der Waals surface area (Å²) in [5.74, 6) is 0.367. The average molecular weight is 500 g/mol. The Kier molecular flexibility index (Phi) is 6.54. The Morgan fingerprint density at radius 2 is 1.53 bits per heavy atom. The van der Waals surface area contributed by atoms with E-state index in [1.54, 1.807) is 66.7 Å². The lowest BCUT2D eigenvalue weighted by molar-refractivity contribution is -0.114. The molecule has 0 aliphatic carbocycles. The van der Waals surface area contributed by atoms with E-state index in [2.05, 4.69) is 0 Å². The van der Waals surface area contributed by atoms with Crippen molar-refractivity contribution in [2.45, 2.75) is 5.37 Å². The van der Waals surface area contributed by atoms with Gasteiger partial charge in [0.2, 0.25) is 15.6 Å². The maximum absolute atomic E-state index is 13.8. The third kappa shape index (κ3) is 4.10. The molecule has 1 aliphatic heterocycles. The third-order valence-electron chi connectivity index (χ3n) is 5.42. The van der Waals surface area contributed by atoms with Gasteiger partial charge in [0, 0.05) is 10.7 Å². The Morgan fingerprint density at radius 3 is 2.09 bits per heavy atom. The zero-order valence-corrected chi connectivity index (χ0v) is 20.3. The molecule has 0 bridgehead atoms. The van der Waals surface area contributed by atoms with Crippen LogP contribution >= 0.6 is 11.6 Å². The number of benzene rings is 3. The summed E-state index contributed by atoms with van der Waals surface area (Å²) in [5, 5.41) is -0.857. The van der Waals surface area contributed by atoms with Crippen molar-refractivity contribution in [2.75, 3.05) is 26.2 Å². The second-order valence-corrected chi connectivity index (χ2v) is 9.84. The van der Waals surface area contributed by atoms with Gasteiger partial charge in [-0.2, -0.15) is 0 Å². The molecule has 0 spiro atoms. The number of anilines is 1. The highest BCUT2D eigenvalue weighted by Gasteiger charge is 2.50. The zero-order valence-electron chi connectivity index (χ0n) is 18.7. The molecule has 1 saturated heterocycles. The molecular weight excluding hydrogens is 478 g/mol. The lowest BCUT2D eigenvalue weighted by Crippen LogP contribution is -2.28. The fourth-order valence-electron chi connectivity index (χ4n) is 3.91. The number of rotatable bonds is 6. The minimum absolute atomic E-state index is 0.336. The summed E-state index contributed by atoms with van der Waals surface area (Å²) >= 11 is 6.16. The fraction of sp³-hybridized carbons (Fsp3) is 0.160. The minimum atomic E-state index is -4.11. The van der Waals surface area contributed by atoms with E-state index in [1.165, 1.54) is 32.3 Å². The molecule has 3 aromatic carbocycles. The van der Waals surface area contributed by atoms with Gasteiger partial charge in [-0.15, -0.1) is 0 Å². The molecule has 1 amide bonds. The molecule has 4 rings (SSSR count). The van der Waals surface area contributed by atoms with Gasteiger partial charge in [0.15, 0.2) is 16.9 Å². The summed E-state index contributed by atoms with van der Waals surface area (Å²) in [7, 11) is 0.270. The molecule has 0 radical (unpaired) electrons. The number of amides is 1. The van der Waals surface area contributed by atoms with Gasteiger partial charge in [0.1, 0.15) is 4.91 Å². The highest BCUT2D eigenvalue weighted by molar-refractivity contribution is 7.97. The first kappa shape index (κ1) is 23.7. The van der Waals surface area contributed by atoms with E-state index in [4.69, 9.17) is 25.8 Å². The van der Waals surface area contributed by atoms with Crippen molar-refractivity contribution < 1.29 is 27.4 Å². The number of ether oxygens (including phenoxy) is 3. The molecule has 1 unspecified atom stereocenters. The number of halogens is 1. The highest BCUT2D eigenvalue weighted by atomic mass is 35.5. The summed E-state index contributed by atoms with van der Waals surface area (Å²) in [6.45, 7) is 0. The normalized spacial score (nSPS) is 18.2. The Hall–Kier alpha value is -3.49. The van der Waals surface area contributed by atoms with Gasteiger partial charge in [-0.05, 0) is 47.5 Å². The molecule has 7 nitrogen and oxygen atoms in total. The van der Waals surface area contributed by atoms with Crippen LogP contribution in [-0.2, 0) is 14.6 Å². The lowest BCUT2D eigenvalue weighted by atomic mass is 10.1. The molecule has 0 saturated carbocycles. The predicted molar refractivity (Wildman–Crippen MR) is 131 cm³/mol. The van der Waals surface area contributed by atoms with Gasteiger partial charge in [-0.1, -0.05) is 48.0 Å². The summed E-state index contributed by atoms with van der Waals surface area (Å²) in [6.07, 6.45) is 1.32. The monoisotopic (exact) mass is 499 g/mol. The molecule has 9 heteroatoms. The van der Waals surface area contributed by atoms with Gasteiger partial charge in [0.25, 0.3) is 5.91 Å². The molecule has 176 valence electrons. The van der Waals surface area contributed by atoms with Crippen molar-refractivity contribution >= 4 is 39.1 Å². The Labute approximate surface area is 203 Å². The number of sulfone groups is 1. The highest BCUT2D eigenvalue weighted by Crippen LogP contribution is 2.45. The molecule has 0 aromatic heterocycles. The van der Waals surface area contributed by atoms with Crippen LogP contribution in [0.3, 0.4) is 0 Å². The van der Waals surface area contributed by atoms with E-state index in [1.807, 2.05) is 0 Å². The summed E-state index contributed by atoms with van der Waals surface area (Å²) in [5.41, 5.74) is 1.24. The maximum Gasteiger partial charge on any atom is 0.271 e. The Balaban J connectivity index is 1.93. The standard InChI is InChI=1S/C25H22ClNO6S/c1-31-20-12-16(13-21(32-2)23(20)33-3)14-22-24(28)27(19-11-7-10-18(26)15-19)25(34(22,29)30)17-8-5-4-6-9-17/h4-15,25H,1-3H3/b22-14-. The van der Waals surface area contributed by atoms with Crippen molar-refractivity contribution in [2.24, 2.45) is 0 Å². The lowest BCUT2D eigenvalue weighted by Gasteiger charge is -2.23. The van der Waals surface area contributed by atoms with Crippen LogP contribution in [0, 0.1) is 0 Å². The predicted octanol–water partition coefficient (Wildman–Crippen LogP) is 4.87. The van der Waals surface area contributed by atoms with E-state index >= 15 is 0 Å². The largest absolute Gasteiger partial charge is 0.493 e. The molecule has 1 fully saturated rings. The van der Waals surface area contributed by atoms with Gasteiger partial charge >= 0.3 is 0 Å². The van der Waals surface area contributed by atoms with Crippen molar-refractivity contribution in [3.8, 4) is 17.2 Å². The average Bonchev–Trinajstić information content (AvgIpc) is 3.04. The molecule has 34 heavy (non-hydrogen) atoms. The van der Waals surface area contributed by atoms with Gasteiger partial charge in [0.05, 0.1) is 21.3 Å². The first-order valence-electron chi connectivity index (χ1n) is 10.2. The molecule has 1 aliphatic rings. The number of methoxy groups -OCH3 is 3. The second-order valence-electron chi connectivity index (χ2n) is 7.43. The quantitative estimate of drug-likeness (QED) is 0.450. The van der Waals surface area contributed by atoms with Gasteiger partial charge < -0.3 is 14.2 Å². The minimum Gasteiger partial charge on any atom is -0.493 e. The van der Waals surface area contributed by atoms with Crippen LogP contribution in [0.4, 0.5) is 5.69 Å². The third-order valence-corrected chi connectivity index (χ3v) is 7.63. The maximum atomic E-state index is 13.8. The van der Waals surface area contributed by atoms with Crippen LogP contribution < -0.4 is 19.1 Å². The summed E-state index contributed by atoms with van der Waals surface area (Å²) in [4.78, 5) is 14.5. The van der Waals surface area contributed by atoms with Crippen molar-refractivity contribution in [3.63, 3.8) is 0 Å². The number of hydrogen-bond donors (Lipinski definition) is 0. The van der Waals surface area contributed by atoms with Crippen molar-refractivity contribution in [1.29, 1.82) is 0 Å². The van der Waals surface area contributed by atoms with E-state index in [9.17, 15) is 13.2 Å². The van der Waals surface area contributed by atoms with E-state index in [0.717, 1.165) is 0 Å². The number of carbonyl (C=O) groups is 1. The van der Waals surface area contributed by atoms with E-state index < -0.39 is 21.1 Å². The second kappa shape index (κ2) is 9.40. The smallest absolute Gasteiger partial charge is 0.271 e. The first-order chi connectivity index (χ1) is 16.3. The number of hydrogen-bond acceptors (Lipinski definition) is 6. The van der Waals surface area contributed by atoms with Crippen LogP contribution in [0.5, 0.6) is 17.2 Å². The zero-order chi connectivity index (χ0) is 24.5. The SMILES string of the molecule is COc1cc(/C=C2/C(=O)N(c3cccc(Cl)c3)C(c3ccccc3)S2(=O)=O)cc(OC)c1OC. The van der Waals surface area contributed by atoms with Gasteiger partial charge in [-0.3, -0.25) is 9.69 Å². The van der Waals surface area contributed by atoms with E-state index in [0.29, 0.717) is 39.1 Å². The van der Waals surface area contributed by atoms with Crippen LogP contribution in [0.1, 0.15) is 16.5 Å². The van der Waals surface area contributed by atoms with Crippen LogP contribution in [0.25, 0.3) is 6.08 Å². The van der Waals surface area contributed by atoms with Gasteiger partial charge in [-0.25, -0.2) is 8.42 Å². The molecular formula is C25H22ClNO6S. The topological polar surface area (TPSA) is 82.1 Å². The van der Waals surface area contributed by atoms with Crippen molar-refractivity contribution in [3.05, 3.63) is 87.8 Å². The van der Waals surface area contributed by atoms with Crippen LogP contribution in [-0.4, -0.2) is 35.7 Å². The van der Waals surface area contributed by atoms with Crippen LogP contribution in [0.2, 0.25) is 5.02 Å². The summed E-state index contributed by atoms with van der Waals surface area (Å²) in [6, 6.07) is 18.3. The van der Waals surface area contributed by atoms with E-state index in [-0.39, 0.29) is 4.91 Å². The molecule has 0 N–H and O–H groups in total. The number of carbonyl (C=O) groups excluding carboxylic acids is 1. The molecule has 3 aromatic rings. The Bertz CT molecular complexity index is 1350. The molecule has 1 heterocycles.